The predicted octanol–water partition coefficient (Wildman–Crippen LogP) is 4.46. The standard InChI is InChI=1S/C19H15ClN2O3/c1-13-2-7-15(8-3-13)19-21-17(25-22-19)12-24-18(23)11-6-14-4-9-16(20)10-5-14/h2-11H,12H2,1H3/b11-6+. The van der Waals surface area contributed by atoms with Gasteiger partial charge in [0.25, 0.3) is 5.89 Å². The molecule has 0 N–H and O–H groups in total. The number of benzene rings is 2. The smallest absolute Gasteiger partial charge is 0.331 e. The van der Waals surface area contributed by atoms with E-state index in [1.165, 1.54) is 6.08 Å². The van der Waals surface area contributed by atoms with Gasteiger partial charge in [-0.25, -0.2) is 4.79 Å². The van der Waals surface area contributed by atoms with Crippen molar-refractivity contribution in [1.82, 2.24) is 10.1 Å². The zero-order valence-corrected chi connectivity index (χ0v) is 14.2. The van der Waals surface area contributed by atoms with Crippen LogP contribution in [0.25, 0.3) is 17.5 Å². The fourth-order valence-corrected chi connectivity index (χ4v) is 2.18. The molecule has 0 bridgehead atoms. The molecule has 25 heavy (non-hydrogen) atoms. The molecule has 0 saturated carbocycles. The van der Waals surface area contributed by atoms with Crippen LogP contribution < -0.4 is 0 Å². The number of ether oxygens (including phenoxy) is 1. The Morgan fingerprint density at radius 2 is 1.88 bits per heavy atom. The topological polar surface area (TPSA) is 65.2 Å². The molecule has 0 spiro atoms. The maximum Gasteiger partial charge on any atom is 0.331 e. The van der Waals surface area contributed by atoms with Crippen LogP contribution in [0.4, 0.5) is 0 Å². The molecule has 2 aromatic carbocycles. The van der Waals surface area contributed by atoms with E-state index < -0.39 is 5.97 Å². The number of carbonyl (C=O) groups excluding carboxylic acids is 1. The summed E-state index contributed by atoms with van der Waals surface area (Å²) < 4.78 is 10.2. The summed E-state index contributed by atoms with van der Waals surface area (Å²) in [5.74, 6) is 0.205. The number of hydrogen-bond acceptors (Lipinski definition) is 5. The third kappa shape index (κ3) is 4.78. The number of hydrogen-bond donors (Lipinski definition) is 0. The lowest BCUT2D eigenvalue weighted by Gasteiger charge is -1.97. The van der Waals surface area contributed by atoms with Gasteiger partial charge in [-0.1, -0.05) is 58.7 Å². The van der Waals surface area contributed by atoms with Gasteiger partial charge in [-0.2, -0.15) is 4.98 Å². The molecule has 0 aliphatic carbocycles. The monoisotopic (exact) mass is 354 g/mol. The SMILES string of the molecule is Cc1ccc(-c2noc(COC(=O)/C=C/c3ccc(Cl)cc3)n2)cc1. The summed E-state index contributed by atoms with van der Waals surface area (Å²) in [7, 11) is 0. The normalized spacial score (nSPS) is 11.0. The van der Waals surface area contributed by atoms with Gasteiger partial charge in [0.05, 0.1) is 0 Å². The van der Waals surface area contributed by atoms with Crippen molar-refractivity contribution in [3.8, 4) is 11.4 Å². The van der Waals surface area contributed by atoms with Gasteiger partial charge >= 0.3 is 5.97 Å². The summed E-state index contributed by atoms with van der Waals surface area (Å²) in [5, 5.41) is 4.53. The minimum absolute atomic E-state index is 0.0807. The van der Waals surface area contributed by atoms with Crippen molar-refractivity contribution in [2.75, 3.05) is 0 Å². The molecule has 5 nitrogen and oxygen atoms in total. The Kier molecular flexibility index (Phi) is 5.26. The van der Waals surface area contributed by atoms with E-state index in [1.807, 2.05) is 31.2 Å². The molecule has 0 saturated heterocycles. The van der Waals surface area contributed by atoms with E-state index in [0.717, 1.165) is 16.7 Å². The van der Waals surface area contributed by atoms with Gasteiger partial charge in [0.2, 0.25) is 5.82 Å². The van der Waals surface area contributed by atoms with Gasteiger partial charge in [0.1, 0.15) is 0 Å². The Bertz CT molecular complexity index is 884. The average molecular weight is 355 g/mol. The van der Waals surface area contributed by atoms with Crippen LogP contribution in [0.5, 0.6) is 0 Å². The van der Waals surface area contributed by atoms with Crippen LogP contribution in [-0.2, 0) is 16.1 Å². The van der Waals surface area contributed by atoms with Crippen molar-refractivity contribution < 1.29 is 14.1 Å². The lowest BCUT2D eigenvalue weighted by atomic mass is 10.1. The quantitative estimate of drug-likeness (QED) is 0.500. The van der Waals surface area contributed by atoms with Crippen molar-refractivity contribution in [1.29, 1.82) is 0 Å². The Labute approximate surface area is 149 Å². The molecule has 0 fully saturated rings. The van der Waals surface area contributed by atoms with Crippen molar-refractivity contribution >= 4 is 23.6 Å². The lowest BCUT2D eigenvalue weighted by molar-refractivity contribution is -0.139. The minimum atomic E-state index is -0.495. The second-order valence-corrected chi connectivity index (χ2v) is 5.81. The first kappa shape index (κ1) is 16.9. The van der Waals surface area contributed by atoms with E-state index >= 15 is 0 Å². The molecule has 1 aromatic heterocycles. The van der Waals surface area contributed by atoms with Crippen LogP contribution >= 0.6 is 11.6 Å². The van der Waals surface area contributed by atoms with Gasteiger partial charge in [0, 0.05) is 16.7 Å². The van der Waals surface area contributed by atoms with Crippen LogP contribution in [0.1, 0.15) is 17.0 Å². The van der Waals surface area contributed by atoms with Crippen LogP contribution in [0.3, 0.4) is 0 Å². The van der Waals surface area contributed by atoms with Gasteiger partial charge < -0.3 is 9.26 Å². The molecule has 3 aromatic rings. The summed E-state index contributed by atoms with van der Waals surface area (Å²) in [4.78, 5) is 16.0. The zero-order chi connectivity index (χ0) is 17.6. The van der Waals surface area contributed by atoms with Crippen molar-refractivity contribution in [3.63, 3.8) is 0 Å². The highest BCUT2D eigenvalue weighted by atomic mass is 35.5. The van der Waals surface area contributed by atoms with Crippen LogP contribution in [0.2, 0.25) is 5.02 Å². The fourth-order valence-electron chi connectivity index (χ4n) is 2.05. The molecular weight excluding hydrogens is 340 g/mol. The van der Waals surface area contributed by atoms with Gasteiger partial charge in [0.15, 0.2) is 6.61 Å². The molecule has 0 aliphatic rings. The summed E-state index contributed by atoms with van der Waals surface area (Å²) in [5.41, 5.74) is 2.84. The molecule has 0 atom stereocenters. The molecule has 0 amide bonds. The summed E-state index contributed by atoms with van der Waals surface area (Å²) in [6.07, 6.45) is 2.98. The summed E-state index contributed by atoms with van der Waals surface area (Å²) >= 11 is 5.81. The second-order valence-electron chi connectivity index (χ2n) is 5.37. The van der Waals surface area contributed by atoms with Crippen LogP contribution in [-0.4, -0.2) is 16.1 Å². The highest BCUT2D eigenvalue weighted by Gasteiger charge is 2.10. The number of esters is 1. The Balaban J connectivity index is 1.55. The molecule has 0 aliphatic heterocycles. The van der Waals surface area contributed by atoms with E-state index in [0.29, 0.717) is 10.8 Å². The van der Waals surface area contributed by atoms with Gasteiger partial charge in [-0.15, -0.1) is 0 Å². The third-order valence-electron chi connectivity index (χ3n) is 3.40. The van der Waals surface area contributed by atoms with Crippen molar-refractivity contribution in [2.45, 2.75) is 13.5 Å². The summed E-state index contributed by atoms with van der Waals surface area (Å²) in [6.45, 7) is 1.92. The number of aromatic nitrogens is 2. The second kappa shape index (κ2) is 7.77. The molecule has 126 valence electrons. The largest absolute Gasteiger partial charge is 0.452 e. The van der Waals surface area contributed by atoms with E-state index in [-0.39, 0.29) is 12.5 Å². The predicted molar refractivity (Wildman–Crippen MR) is 94.8 cm³/mol. The summed E-state index contributed by atoms with van der Waals surface area (Å²) in [6, 6.07) is 14.8. The highest BCUT2D eigenvalue weighted by Crippen LogP contribution is 2.16. The van der Waals surface area contributed by atoms with E-state index in [4.69, 9.17) is 20.9 Å². The van der Waals surface area contributed by atoms with Gasteiger partial charge in [-0.3, -0.25) is 0 Å². The number of carbonyl (C=O) groups is 1. The molecule has 3 rings (SSSR count). The number of halogens is 1. The van der Waals surface area contributed by atoms with Gasteiger partial charge in [-0.05, 0) is 30.7 Å². The third-order valence-corrected chi connectivity index (χ3v) is 3.65. The van der Waals surface area contributed by atoms with Crippen molar-refractivity contribution in [2.24, 2.45) is 0 Å². The van der Waals surface area contributed by atoms with Crippen LogP contribution in [0, 0.1) is 6.92 Å². The number of aryl methyl sites for hydroxylation is 1. The first-order valence-corrected chi connectivity index (χ1v) is 7.98. The lowest BCUT2D eigenvalue weighted by Crippen LogP contribution is -2.00. The van der Waals surface area contributed by atoms with Crippen molar-refractivity contribution in [3.05, 3.63) is 76.6 Å². The average Bonchev–Trinajstić information content (AvgIpc) is 3.09. The molecule has 0 unspecified atom stereocenters. The number of rotatable bonds is 5. The highest BCUT2D eigenvalue weighted by molar-refractivity contribution is 6.30. The first-order chi connectivity index (χ1) is 12.1. The van der Waals surface area contributed by atoms with E-state index in [1.54, 1.807) is 30.3 Å². The molecule has 1 heterocycles. The first-order valence-electron chi connectivity index (χ1n) is 7.60. The Morgan fingerprint density at radius 3 is 2.60 bits per heavy atom. The maximum atomic E-state index is 11.7. The zero-order valence-electron chi connectivity index (χ0n) is 13.5. The minimum Gasteiger partial charge on any atom is -0.452 e. The van der Waals surface area contributed by atoms with E-state index in [2.05, 4.69) is 10.1 Å². The number of nitrogens with zero attached hydrogens (tertiary/aromatic N) is 2. The maximum absolute atomic E-state index is 11.7. The molecular formula is C19H15ClN2O3. The molecule has 6 heteroatoms. The fraction of sp³-hybridized carbons (Fsp3) is 0.105. The van der Waals surface area contributed by atoms with Crippen LogP contribution in [0.15, 0.2) is 59.1 Å². The van der Waals surface area contributed by atoms with E-state index in [9.17, 15) is 4.79 Å². The Hall–Kier alpha value is -2.92. The Morgan fingerprint density at radius 1 is 1.16 bits per heavy atom. The molecule has 0 radical (unpaired) electrons.